The van der Waals surface area contributed by atoms with E-state index in [4.69, 9.17) is 4.74 Å². The summed E-state index contributed by atoms with van der Waals surface area (Å²) in [5, 5.41) is 19.1. The molecular weight excluding hydrogens is 399 g/mol. The molecule has 3 rings (SSSR count). The monoisotopic (exact) mass is 417 g/mol. The van der Waals surface area contributed by atoms with Gasteiger partial charge in [0.2, 0.25) is 5.95 Å². The molecule has 8 nitrogen and oxygen atoms in total. The third-order valence-electron chi connectivity index (χ3n) is 4.30. The molecule has 0 spiro atoms. The zero-order valence-electron chi connectivity index (χ0n) is 15.0. The van der Waals surface area contributed by atoms with E-state index in [1.165, 1.54) is 6.07 Å². The lowest BCUT2D eigenvalue weighted by atomic mass is 10.1. The number of hydrogen-bond donors (Lipinski definition) is 0. The number of ether oxygens (including phenoxy) is 1. The molecule has 0 amide bonds. The Morgan fingerprint density at radius 3 is 2.64 bits per heavy atom. The molecule has 0 radical (unpaired) electrons. The van der Waals surface area contributed by atoms with Crippen LogP contribution in [0.3, 0.4) is 0 Å². The van der Waals surface area contributed by atoms with Crippen LogP contribution in [0.1, 0.15) is 11.1 Å². The van der Waals surface area contributed by atoms with Gasteiger partial charge >= 0.3 is 6.18 Å². The number of benzene rings is 1. The number of halogens is 3. The summed E-state index contributed by atoms with van der Waals surface area (Å²) < 4.78 is 45.6. The van der Waals surface area contributed by atoms with Gasteiger partial charge in [0.1, 0.15) is 6.54 Å². The minimum Gasteiger partial charge on any atom is -0.378 e. The van der Waals surface area contributed by atoms with Crippen molar-refractivity contribution in [3.8, 4) is 0 Å². The van der Waals surface area contributed by atoms with Gasteiger partial charge in [0.25, 0.3) is 5.69 Å². The van der Waals surface area contributed by atoms with Crippen molar-refractivity contribution < 1.29 is 22.8 Å². The van der Waals surface area contributed by atoms with Crippen LogP contribution in [0, 0.1) is 17.0 Å². The summed E-state index contributed by atoms with van der Waals surface area (Å²) in [4.78, 5) is 12.3. The van der Waals surface area contributed by atoms with Crippen LogP contribution in [-0.4, -0.2) is 52.2 Å². The number of morpholine rings is 1. The predicted octanol–water partition coefficient (Wildman–Crippen LogP) is 3.19. The van der Waals surface area contributed by atoms with Crippen molar-refractivity contribution in [2.45, 2.75) is 30.6 Å². The number of aromatic nitrogens is 3. The maximum absolute atomic E-state index is 13.1. The SMILES string of the molecule is Cc1c(CSc2nnc(N3CCOCC3)n2CC(F)(F)F)cccc1[N+](=O)[O-]. The van der Waals surface area contributed by atoms with Crippen LogP contribution in [0.25, 0.3) is 0 Å². The minimum absolute atomic E-state index is 0.0242. The van der Waals surface area contributed by atoms with Gasteiger partial charge in [0, 0.05) is 30.5 Å². The van der Waals surface area contributed by atoms with Gasteiger partial charge in [-0.25, -0.2) is 0 Å². The molecule has 12 heteroatoms. The lowest BCUT2D eigenvalue weighted by Crippen LogP contribution is -2.38. The van der Waals surface area contributed by atoms with Crippen LogP contribution in [-0.2, 0) is 17.0 Å². The van der Waals surface area contributed by atoms with Crippen molar-refractivity contribution in [3.63, 3.8) is 0 Å². The molecule has 1 aliphatic rings. The average molecular weight is 417 g/mol. The van der Waals surface area contributed by atoms with Gasteiger partial charge in [0.05, 0.1) is 18.1 Å². The zero-order valence-corrected chi connectivity index (χ0v) is 15.8. The lowest BCUT2D eigenvalue weighted by molar-refractivity contribution is -0.385. The molecule has 0 N–H and O–H groups in total. The number of alkyl halides is 3. The Labute approximate surface area is 162 Å². The molecule has 1 aromatic heterocycles. The van der Waals surface area contributed by atoms with Gasteiger partial charge in [-0.15, -0.1) is 10.2 Å². The summed E-state index contributed by atoms with van der Waals surface area (Å²) in [6.07, 6.45) is -4.43. The summed E-state index contributed by atoms with van der Waals surface area (Å²) in [6.45, 7) is 2.11. The normalized spacial score (nSPS) is 15.1. The van der Waals surface area contributed by atoms with E-state index in [1.807, 2.05) is 0 Å². The van der Waals surface area contributed by atoms with Crippen LogP contribution in [0.15, 0.2) is 23.4 Å². The highest BCUT2D eigenvalue weighted by Crippen LogP contribution is 2.31. The molecule has 28 heavy (non-hydrogen) atoms. The van der Waals surface area contributed by atoms with Crippen LogP contribution in [0.2, 0.25) is 0 Å². The summed E-state index contributed by atoms with van der Waals surface area (Å²) in [5.74, 6) is 0.394. The Bertz CT molecular complexity index is 853. The topological polar surface area (TPSA) is 86.3 Å². The van der Waals surface area contributed by atoms with Crippen molar-refractivity contribution in [2.75, 3.05) is 31.2 Å². The number of nitro benzene ring substituents is 1. The van der Waals surface area contributed by atoms with E-state index < -0.39 is 17.6 Å². The first-order valence-electron chi connectivity index (χ1n) is 8.44. The fourth-order valence-corrected chi connectivity index (χ4v) is 3.87. The number of anilines is 1. The highest BCUT2D eigenvalue weighted by molar-refractivity contribution is 7.98. The van der Waals surface area contributed by atoms with E-state index in [-0.39, 0.29) is 22.5 Å². The molecule has 2 heterocycles. The number of thioether (sulfide) groups is 1. The Kier molecular flexibility index (Phi) is 6.08. The van der Waals surface area contributed by atoms with E-state index in [1.54, 1.807) is 24.0 Å². The van der Waals surface area contributed by atoms with E-state index in [9.17, 15) is 23.3 Å². The quantitative estimate of drug-likeness (QED) is 0.405. The third kappa shape index (κ3) is 4.73. The lowest BCUT2D eigenvalue weighted by Gasteiger charge is -2.28. The second kappa shape index (κ2) is 8.35. The fourth-order valence-electron chi connectivity index (χ4n) is 2.87. The molecule has 0 unspecified atom stereocenters. The number of rotatable bonds is 6. The molecule has 1 aromatic carbocycles. The summed E-state index contributed by atoms with van der Waals surface area (Å²) >= 11 is 1.07. The van der Waals surface area contributed by atoms with Crippen molar-refractivity contribution in [2.24, 2.45) is 0 Å². The molecule has 1 saturated heterocycles. The molecule has 1 fully saturated rings. The largest absolute Gasteiger partial charge is 0.406 e. The maximum atomic E-state index is 13.1. The maximum Gasteiger partial charge on any atom is 0.406 e. The Balaban J connectivity index is 1.84. The van der Waals surface area contributed by atoms with E-state index in [0.29, 0.717) is 37.4 Å². The van der Waals surface area contributed by atoms with Crippen molar-refractivity contribution >= 4 is 23.4 Å². The molecule has 0 saturated carbocycles. The Hall–Kier alpha value is -2.34. The van der Waals surface area contributed by atoms with E-state index in [0.717, 1.165) is 16.3 Å². The van der Waals surface area contributed by atoms with Crippen LogP contribution in [0.5, 0.6) is 0 Å². The molecular formula is C16H18F3N5O3S. The standard InChI is InChI=1S/C16H18F3N5O3S/c1-11-12(3-2-4-13(11)24(25)26)9-28-15-21-20-14(22-5-7-27-8-6-22)23(15)10-16(17,18)19/h2-4H,5-10H2,1H3. The van der Waals surface area contributed by atoms with Gasteiger partial charge in [-0.2, -0.15) is 13.2 Å². The van der Waals surface area contributed by atoms with Crippen molar-refractivity contribution in [1.82, 2.24) is 14.8 Å². The van der Waals surface area contributed by atoms with Crippen LogP contribution >= 0.6 is 11.8 Å². The van der Waals surface area contributed by atoms with Crippen LogP contribution < -0.4 is 4.90 Å². The molecule has 1 aliphatic heterocycles. The molecule has 152 valence electrons. The smallest absolute Gasteiger partial charge is 0.378 e. The second-order valence-corrected chi connectivity index (χ2v) is 7.13. The first-order valence-corrected chi connectivity index (χ1v) is 9.43. The summed E-state index contributed by atoms with van der Waals surface area (Å²) in [5.41, 5.74) is 1.12. The predicted molar refractivity (Wildman–Crippen MR) is 96.5 cm³/mol. The molecule has 0 aliphatic carbocycles. The Morgan fingerprint density at radius 2 is 2.00 bits per heavy atom. The second-order valence-electron chi connectivity index (χ2n) is 6.19. The first kappa shape index (κ1) is 20.4. The van der Waals surface area contributed by atoms with E-state index in [2.05, 4.69) is 10.2 Å². The number of nitrogens with zero attached hydrogens (tertiary/aromatic N) is 5. The van der Waals surface area contributed by atoms with Gasteiger partial charge in [0.15, 0.2) is 5.16 Å². The molecule has 2 aromatic rings. The van der Waals surface area contributed by atoms with Crippen molar-refractivity contribution in [1.29, 1.82) is 0 Å². The van der Waals surface area contributed by atoms with Crippen molar-refractivity contribution in [3.05, 3.63) is 39.4 Å². The molecule has 0 bridgehead atoms. The van der Waals surface area contributed by atoms with Gasteiger partial charge in [-0.3, -0.25) is 14.7 Å². The van der Waals surface area contributed by atoms with Gasteiger partial charge in [-0.1, -0.05) is 23.9 Å². The fraction of sp³-hybridized carbons (Fsp3) is 0.500. The number of hydrogen-bond acceptors (Lipinski definition) is 7. The van der Waals surface area contributed by atoms with Gasteiger partial charge in [-0.05, 0) is 12.5 Å². The highest BCUT2D eigenvalue weighted by Gasteiger charge is 2.33. The average Bonchev–Trinajstić information content (AvgIpc) is 3.02. The third-order valence-corrected chi connectivity index (χ3v) is 5.32. The van der Waals surface area contributed by atoms with Gasteiger partial charge < -0.3 is 9.64 Å². The summed E-state index contributed by atoms with van der Waals surface area (Å²) in [7, 11) is 0. The highest BCUT2D eigenvalue weighted by atomic mass is 32.2. The van der Waals surface area contributed by atoms with E-state index >= 15 is 0 Å². The Morgan fingerprint density at radius 1 is 1.29 bits per heavy atom. The first-order chi connectivity index (χ1) is 13.3. The van der Waals surface area contributed by atoms with Crippen LogP contribution in [0.4, 0.5) is 24.8 Å². The minimum atomic E-state index is -4.43. The summed E-state index contributed by atoms with van der Waals surface area (Å²) in [6, 6.07) is 4.66. The molecule has 0 atom stereocenters. The zero-order chi connectivity index (χ0) is 20.3. The number of nitro groups is 1.